The summed E-state index contributed by atoms with van der Waals surface area (Å²) in [7, 11) is 0. The Morgan fingerprint density at radius 2 is 1.88 bits per heavy atom. The summed E-state index contributed by atoms with van der Waals surface area (Å²) < 4.78 is 5.39. The molecule has 134 valence electrons. The van der Waals surface area contributed by atoms with Crippen LogP contribution < -0.4 is 10.6 Å². The molecule has 1 fully saturated rings. The van der Waals surface area contributed by atoms with Crippen molar-refractivity contribution in [1.29, 1.82) is 0 Å². The Morgan fingerprint density at radius 3 is 2.60 bits per heavy atom. The van der Waals surface area contributed by atoms with Gasteiger partial charge in [-0.3, -0.25) is 4.90 Å². The summed E-state index contributed by atoms with van der Waals surface area (Å²) in [4.78, 5) is 11.7. The molecule has 6 heteroatoms. The topological polar surface area (TPSA) is 62.3 Å². The molecule has 1 aliphatic heterocycles. The van der Waals surface area contributed by atoms with Gasteiger partial charge in [-0.1, -0.05) is 30.3 Å². The van der Waals surface area contributed by atoms with Crippen LogP contribution in [0, 0.1) is 0 Å². The van der Waals surface area contributed by atoms with E-state index in [1.54, 1.807) is 0 Å². The lowest BCUT2D eigenvalue weighted by molar-refractivity contribution is 0.0398. The molecule has 1 aliphatic rings. The van der Waals surface area contributed by atoms with E-state index in [4.69, 9.17) is 4.74 Å². The van der Waals surface area contributed by atoms with Crippen molar-refractivity contribution < 1.29 is 4.74 Å². The van der Waals surface area contributed by atoms with Crippen molar-refractivity contribution in [3.63, 3.8) is 0 Å². The van der Waals surface area contributed by atoms with Crippen LogP contribution in [0.15, 0.2) is 36.4 Å². The number of morpholine rings is 1. The number of nitrogens with zero attached hydrogens (tertiary/aromatic N) is 3. The quantitative estimate of drug-likeness (QED) is 0.807. The monoisotopic (exact) mass is 341 g/mol. The van der Waals surface area contributed by atoms with Crippen molar-refractivity contribution in [3.05, 3.63) is 36.4 Å². The van der Waals surface area contributed by atoms with Gasteiger partial charge in [-0.05, 0) is 13.8 Å². The van der Waals surface area contributed by atoms with Gasteiger partial charge < -0.3 is 15.4 Å². The second-order valence-electron chi connectivity index (χ2n) is 6.51. The Hall–Kier alpha value is -2.18. The molecule has 0 saturated carbocycles. The molecule has 0 radical (unpaired) electrons. The van der Waals surface area contributed by atoms with Crippen LogP contribution in [-0.4, -0.2) is 60.3 Å². The molecule has 1 aromatic carbocycles. The van der Waals surface area contributed by atoms with E-state index in [-0.39, 0.29) is 0 Å². The molecule has 2 N–H and O–H groups in total. The molecule has 1 saturated heterocycles. The number of nitrogens with one attached hydrogen (secondary N) is 2. The molecule has 0 amide bonds. The standard InChI is InChI=1S/C19H27N5O/c1-15(2)21-18-14-17(16-6-4-3-5-7-16)22-19(23-18)20-8-9-24-10-12-25-13-11-24/h3-7,14-15H,8-13H2,1-2H3,(H2,20,21,22,23). The molecule has 0 spiro atoms. The highest BCUT2D eigenvalue weighted by molar-refractivity contribution is 5.64. The normalized spacial score (nSPS) is 15.3. The van der Waals surface area contributed by atoms with Gasteiger partial charge >= 0.3 is 0 Å². The Morgan fingerprint density at radius 1 is 1.12 bits per heavy atom. The van der Waals surface area contributed by atoms with Gasteiger partial charge in [0.15, 0.2) is 0 Å². The van der Waals surface area contributed by atoms with Crippen LogP contribution in [-0.2, 0) is 4.74 Å². The maximum absolute atomic E-state index is 5.39. The minimum Gasteiger partial charge on any atom is -0.379 e. The van der Waals surface area contributed by atoms with Crippen molar-refractivity contribution in [2.45, 2.75) is 19.9 Å². The molecule has 0 atom stereocenters. The zero-order chi connectivity index (χ0) is 17.5. The summed E-state index contributed by atoms with van der Waals surface area (Å²) in [5, 5.41) is 6.75. The average molecular weight is 341 g/mol. The van der Waals surface area contributed by atoms with Gasteiger partial charge in [-0.25, -0.2) is 4.98 Å². The first-order chi connectivity index (χ1) is 12.2. The van der Waals surface area contributed by atoms with Crippen LogP contribution in [0.4, 0.5) is 11.8 Å². The van der Waals surface area contributed by atoms with E-state index in [0.717, 1.165) is 56.5 Å². The largest absolute Gasteiger partial charge is 0.379 e. The Balaban J connectivity index is 1.70. The van der Waals surface area contributed by atoms with Crippen LogP contribution in [0.5, 0.6) is 0 Å². The number of hydrogen-bond donors (Lipinski definition) is 2. The fourth-order valence-electron chi connectivity index (χ4n) is 2.80. The molecule has 2 aromatic rings. The lowest BCUT2D eigenvalue weighted by atomic mass is 10.1. The molecule has 0 aliphatic carbocycles. The Bertz CT molecular complexity index is 656. The van der Waals surface area contributed by atoms with Crippen molar-refractivity contribution in [2.75, 3.05) is 50.0 Å². The highest BCUT2D eigenvalue weighted by atomic mass is 16.5. The van der Waals surface area contributed by atoms with Crippen LogP contribution in [0.1, 0.15) is 13.8 Å². The van der Waals surface area contributed by atoms with Crippen LogP contribution in [0.25, 0.3) is 11.3 Å². The molecule has 6 nitrogen and oxygen atoms in total. The van der Waals surface area contributed by atoms with Gasteiger partial charge in [0, 0.05) is 43.9 Å². The van der Waals surface area contributed by atoms with Crippen molar-refractivity contribution in [2.24, 2.45) is 0 Å². The highest BCUT2D eigenvalue weighted by Crippen LogP contribution is 2.21. The van der Waals surface area contributed by atoms with Crippen LogP contribution in [0.3, 0.4) is 0 Å². The van der Waals surface area contributed by atoms with Gasteiger partial charge in [-0.15, -0.1) is 0 Å². The fourth-order valence-corrected chi connectivity index (χ4v) is 2.80. The molecular formula is C19H27N5O. The molecular weight excluding hydrogens is 314 g/mol. The number of rotatable bonds is 7. The number of ether oxygens (including phenoxy) is 1. The first-order valence-electron chi connectivity index (χ1n) is 8.96. The number of aromatic nitrogens is 2. The average Bonchev–Trinajstić information content (AvgIpc) is 2.63. The van der Waals surface area contributed by atoms with Crippen molar-refractivity contribution >= 4 is 11.8 Å². The first kappa shape index (κ1) is 17.6. The molecule has 2 heterocycles. The highest BCUT2D eigenvalue weighted by Gasteiger charge is 2.11. The lowest BCUT2D eigenvalue weighted by Gasteiger charge is -2.26. The van der Waals surface area contributed by atoms with E-state index >= 15 is 0 Å². The molecule has 1 aromatic heterocycles. The summed E-state index contributed by atoms with van der Waals surface area (Å²) in [6.45, 7) is 9.63. The fraction of sp³-hybridized carbons (Fsp3) is 0.474. The second kappa shape index (κ2) is 8.78. The van der Waals surface area contributed by atoms with Gasteiger partial charge in [0.1, 0.15) is 5.82 Å². The van der Waals surface area contributed by atoms with Gasteiger partial charge in [0.2, 0.25) is 5.95 Å². The molecule has 0 unspecified atom stereocenters. The first-order valence-corrected chi connectivity index (χ1v) is 8.96. The summed E-state index contributed by atoms with van der Waals surface area (Å²) in [6.07, 6.45) is 0. The summed E-state index contributed by atoms with van der Waals surface area (Å²) in [6, 6.07) is 12.5. The van der Waals surface area contributed by atoms with Crippen LogP contribution in [0.2, 0.25) is 0 Å². The minimum absolute atomic E-state index is 0.319. The zero-order valence-corrected chi connectivity index (χ0v) is 15.0. The summed E-state index contributed by atoms with van der Waals surface area (Å²) in [5.74, 6) is 1.51. The number of anilines is 2. The maximum atomic E-state index is 5.39. The van der Waals surface area contributed by atoms with E-state index < -0.39 is 0 Å². The van der Waals surface area contributed by atoms with Crippen LogP contribution >= 0.6 is 0 Å². The third-order valence-corrected chi connectivity index (χ3v) is 4.05. The molecule has 25 heavy (non-hydrogen) atoms. The van der Waals surface area contributed by atoms with E-state index in [1.165, 1.54) is 0 Å². The lowest BCUT2D eigenvalue weighted by Crippen LogP contribution is -2.39. The maximum Gasteiger partial charge on any atom is 0.225 e. The van der Waals surface area contributed by atoms with Gasteiger partial charge in [0.25, 0.3) is 0 Å². The SMILES string of the molecule is CC(C)Nc1cc(-c2ccccc2)nc(NCCN2CCOCC2)n1. The van der Waals surface area contributed by atoms with Crippen molar-refractivity contribution in [3.8, 4) is 11.3 Å². The third-order valence-electron chi connectivity index (χ3n) is 4.05. The predicted molar refractivity (Wildman–Crippen MR) is 102 cm³/mol. The smallest absolute Gasteiger partial charge is 0.225 e. The molecule has 3 rings (SSSR count). The zero-order valence-electron chi connectivity index (χ0n) is 15.0. The van der Waals surface area contributed by atoms with E-state index in [1.807, 2.05) is 24.3 Å². The Kier molecular flexibility index (Phi) is 6.19. The third kappa shape index (κ3) is 5.41. The predicted octanol–water partition coefficient (Wildman–Crippen LogP) is 2.71. The van der Waals surface area contributed by atoms with Gasteiger partial charge in [-0.2, -0.15) is 4.98 Å². The summed E-state index contributed by atoms with van der Waals surface area (Å²) in [5.41, 5.74) is 2.01. The van der Waals surface area contributed by atoms with Gasteiger partial charge in [0.05, 0.1) is 18.9 Å². The minimum atomic E-state index is 0.319. The number of benzene rings is 1. The van der Waals surface area contributed by atoms with E-state index in [2.05, 4.69) is 51.5 Å². The number of hydrogen-bond acceptors (Lipinski definition) is 6. The Labute approximate surface area is 149 Å². The second-order valence-corrected chi connectivity index (χ2v) is 6.51. The van der Waals surface area contributed by atoms with Crippen molar-refractivity contribution in [1.82, 2.24) is 14.9 Å². The van der Waals surface area contributed by atoms with E-state index in [9.17, 15) is 0 Å². The summed E-state index contributed by atoms with van der Waals surface area (Å²) >= 11 is 0. The molecule has 0 bridgehead atoms. The van der Waals surface area contributed by atoms with E-state index in [0.29, 0.717) is 12.0 Å².